The van der Waals surface area contributed by atoms with Gasteiger partial charge < -0.3 is 0 Å². The van der Waals surface area contributed by atoms with Gasteiger partial charge in [-0.2, -0.15) is 0 Å². The lowest BCUT2D eigenvalue weighted by Crippen LogP contribution is -2.24. The Balaban J connectivity index is 1.39. The monoisotopic (exact) mass is 434 g/mol. The summed E-state index contributed by atoms with van der Waals surface area (Å²) in [5.74, 6) is 2.83. The Bertz CT molecular complexity index is 603. The van der Waals surface area contributed by atoms with Gasteiger partial charge in [-0.25, -0.2) is 4.39 Å². The Hall–Kier alpha value is -0.630. The molecule has 2 saturated carbocycles. The van der Waals surface area contributed by atoms with E-state index in [0.29, 0.717) is 4.47 Å². The molecule has 0 aromatic heterocycles. The van der Waals surface area contributed by atoms with Gasteiger partial charge in [0.2, 0.25) is 0 Å². The van der Waals surface area contributed by atoms with Crippen LogP contribution in [-0.2, 0) is 6.42 Å². The van der Waals surface area contributed by atoms with Gasteiger partial charge in [-0.3, -0.25) is 0 Å². The second-order valence-electron chi connectivity index (χ2n) is 8.93. The maximum Gasteiger partial charge on any atom is 0.137 e. The quantitative estimate of drug-likeness (QED) is 0.297. The van der Waals surface area contributed by atoms with Crippen LogP contribution in [-0.4, -0.2) is 0 Å². The highest BCUT2D eigenvalue weighted by molar-refractivity contribution is 9.10. The molecular weight excluding hydrogens is 399 g/mol. The van der Waals surface area contributed by atoms with Crippen molar-refractivity contribution < 1.29 is 4.39 Å². The molecule has 0 radical (unpaired) electrons. The van der Waals surface area contributed by atoms with Gasteiger partial charge in [0.1, 0.15) is 5.82 Å². The Morgan fingerprint density at radius 1 is 1.00 bits per heavy atom. The van der Waals surface area contributed by atoms with Crippen molar-refractivity contribution >= 4 is 15.9 Å². The Morgan fingerprint density at radius 3 is 2.37 bits per heavy atom. The van der Waals surface area contributed by atoms with Gasteiger partial charge in [0.05, 0.1) is 4.47 Å². The smallest absolute Gasteiger partial charge is 0.137 e. The van der Waals surface area contributed by atoms with Gasteiger partial charge in [-0.05, 0) is 96.3 Å². The molecule has 0 saturated heterocycles. The molecule has 2 fully saturated rings. The fourth-order valence-electron chi connectivity index (χ4n) is 5.25. The Morgan fingerprint density at radius 2 is 1.70 bits per heavy atom. The van der Waals surface area contributed by atoms with Crippen LogP contribution in [0.3, 0.4) is 0 Å². The predicted molar refractivity (Wildman–Crippen MR) is 117 cm³/mol. The summed E-state index contributed by atoms with van der Waals surface area (Å²) in [6.45, 7) is 2.31. The summed E-state index contributed by atoms with van der Waals surface area (Å²) in [5.41, 5.74) is 2.68. The predicted octanol–water partition coefficient (Wildman–Crippen LogP) is 8.63. The first-order valence-corrected chi connectivity index (χ1v) is 12.1. The second-order valence-corrected chi connectivity index (χ2v) is 9.78. The van der Waals surface area contributed by atoms with Gasteiger partial charge in [0, 0.05) is 0 Å². The molecule has 0 unspecified atom stereocenters. The molecular formula is C25H36BrF. The van der Waals surface area contributed by atoms with E-state index in [0.717, 1.165) is 29.7 Å². The third kappa shape index (κ3) is 6.44. The van der Waals surface area contributed by atoms with E-state index in [2.05, 4.69) is 28.9 Å². The third-order valence-electron chi connectivity index (χ3n) is 7.06. The number of hydrogen-bond donors (Lipinski definition) is 0. The number of allylic oxidation sites excluding steroid dienone is 2. The first kappa shape index (κ1) is 21.1. The molecule has 27 heavy (non-hydrogen) atoms. The van der Waals surface area contributed by atoms with E-state index < -0.39 is 0 Å². The largest absolute Gasteiger partial charge is 0.206 e. The van der Waals surface area contributed by atoms with E-state index in [-0.39, 0.29) is 5.82 Å². The lowest BCUT2D eigenvalue weighted by atomic mass is 9.69. The number of hydrogen-bond acceptors (Lipinski definition) is 0. The second kappa shape index (κ2) is 10.8. The number of benzene rings is 1. The average Bonchev–Trinajstić information content (AvgIpc) is 2.70. The number of halogens is 2. The van der Waals surface area contributed by atoms with Crippen LogP contribution in [0.5, 0.6) is 0 Å². The summed E-state index contributed by atoms with van der Waals surface area (Å²) in [4.78, 5) is 0. The van der Waals surface area contributed by atoms with Crippen molar-refractivity contribution in [3.8, 4) is 0 Å². The minimum atomic E-state index is -0.153. The Labute approximate surface area is 174 Å². The SMILES string of the molecule is CCCCCC1CCC(C2CCC(=CCc3ccc(Br)c(F)c3)CC2)CC1. The summed E-state index contributed by atoms with van der Waals surface area (Å²) in [7, 11) is 0. The highest BCUT2D eigenvalue weighted by atomic mass is 79.9. The molecule has 3 rings (SSSR count). The molecule has 1 aromatic rings. The maximum absolute atomic E-state index is 13.6. The van der Waals surface area contributed by atoms with Crippen molar-refractivity contribution in [1.82, 2.24) is 0 Å². The molecule has 2 heteroatoms. The number of rotatable bonds is 7. The first-order valence-electron chi connectivity index (χ1n) is 11.3. The molecule has 150 valence electrons. The summed E-state index contributed by atoms with van der Waals surface area (Å²) < 4.78 is 14.2. The summed E-state index contributed by atoms with van der Waals surface area (Å²) in [5, 5.41) is 0. The van der Waals surface area contributed by atoms with Crippen molar-refractivity contribution in [3.63, 3.8) is 0 Å². The average molecular weight is 435 g/mol. The van der Waals surface area contributed by atoms with Crippen molar-refractivity contribution in [2.75, 3.05) is 0 Å². The van der Waals surface area contributed by atoms with Gasteiger partial charge in [0.15, 0.2) is 0 Å². The van der Waals surface area contributed by atoms with Crippen LogP contribution in [0.4, 0.5) is 4.39 Å². The molecule has 0 nitrogen and oxygen atoms in total. The van der Waals surface area contributed by atoms with Crippen molar-refractivity contribution in [2.24, 2.45) is 17.8 Å². The lowest BCUT2D eigenvalue weighted by Gasteiger charge is -2.36. The maximum atomic E-state index is 13.6. The van der Waals surface area contributed by atoms with E-state index >= 15 is 0 Å². The van der Waals surface area contributed by atoms with Crippen LogP contribution in [0.15, 0.2) is 34.3 Å². The zero-order valence-electron chi connectivity index (χ0n) is 17.0. The highest BCUT2D eigenvalue weighted by Gasteiger charge is 2.29. The van der Waals surface area contributed by atoms with E-state index in [1.165, 1.54) is 77.0 Å². The minimum absolute atomic E-state index is 0.153. The fourth-order valence-corrected chi connectivity index (χ4v) is 5.49. The van der Waals surface area contributed by atoms with Gasteiger partial charge >= 0.3 is 0 Å². The minimum Gasteiger partial charge on any atom is -0.206 e. The Kier molecular flexibility index (Phi) is 8.43. The van der Waals surface area contributed by atoms with Crippen LogP contribution < -0.4 is 0 Å². The number of unbranched alkanes of at least 4 members (excludes halogenated alkanes) is 2. The van der Waals surface area contributed by atoms with E-state index in [4.69, 9.17) is 0 Å². The molecule has 0 amide bonds. The standard InChI is InChI=1S/C25H36BrF/c1-2-3-4-5-19-8-13-22(14-9-19)23-15-10-20(11-16-23)6-7-21-12-17-24(26)25(27)18-21/h6,12,17-19,22-23H,2-5,7-11,13-16H2,1H3. The lowest BCUT2D eigenvalue weighted by molar-refractivity contribution is 0.172. The zero-order valence-corrected chi connectivity index (χ0v) is 18.6. The summed E-state index contributed by atoms with van der Waals surface area (Å²) in [6, 6.07) is 5.50. The fraction of sp³-hybridized carbons (Fsp3) is 0.680. The summed E-state index contributed by atoms with van der Waals surface area (Å²) >= 11 is 3.23. The molecule has 2 aliphatic carbocycles. The molecule has 1 aromatic carbocycles. The van der Waals surface area contributed by atoms with Gasteiger partial charge in [-0.15, -0.1) is 0 Å². The van der Waals surface area contributed by atoms with E-state index in [9.17, 15) is 4.39 Å². The summed E-state index contributed by atoms with van der Waals surface area (Å²) in [6.07, 6.45) is 20.2. The van der Waals surface area contributed by atoms with E-state index in [1.54, 1.807) is 11.6 Å². The van der Waals surface area contributed by atoms with Crippen LogP contribution in [0.2, 0.25) is 0 Å². The van der Waals surface area contributed by atoms with Crippen LogP contribution in [0, 0.1) is 23.6 Å². The third-order valence-corrected chi connectivity index (χ3v) is 7.70. The molecule has 2 aliphatic rings. The van der Waals surface area contributed by atoms with Crippen LogP contribution >= 0.6 is 15.9 Å². The zero-order chi connectivity index (χ0) is 19.1. The van der Waals surface area contributed by atoms with Crippen molar-refractivity contribution in [3.05, 3.63) is 45.7 Å². The topological polar surface area (TPSA) is 0 Å². The first-order chi connectivity index (χ1) is 13.2. The van der Waals surface area contributed by atoms with Gasteiger partial charge in [0.25, 0.3) is 0 Å². The van der Waals surface area contributed by atoms with Crippen molar-refractivity contribution in [1.29, 1.82) is 0 Å². The molecule has 0 spiro atoms. The van der Waals surface area contributed by atoms with Gasteiger partial charge in [-0.1, -0.05) is 63.2 Å². The van der Waals surface area contributed by atoms with Crippen LogP contribution in [0.25, 0.3) is 0 Å². The molecule has 0 N–H and O–H groups in total. The van der Waals surface area contributed by atoms with E-state index in [1.807, 2.05) is 12.1 Å². The normalized spacial score (nSPS) is 26.2. The molecule has 0 aliphatic heterocycles. The molecule has 0 heterocycles. The molecule has 0 atom stereocenters. The highest BCUT2D eigenvalue weighted by Crippen LogP contribution is 2.42. The van der Waals surface area contributed by atoms with Crippen LogP contribution in [0.1, 0.15) is 89.5 Å². The van der Waals surface area contributed by atoms with Crippen molar-refractivity contribution in [2.45, 2.75) is 90.4 Å². The molecule has 0 bridgehead atoms.